The van der Waals surface area contributed by atoms with Gasteiger partial charge in [-0.25, -0.2) is 4.79 Å². The molecule has 1 N–H and O–H groups in total. The SMILES string of the molecule is N#C/C(=C/c1ccc(OCc2ccccc2Cl)c(Br)c1)c1ccc(C(=O)O)cc1. The van der Waals surface area contributed by atoms with Gasteiger partial charge in [-0.05, 0) is 63.5 Å². The molecule has 6 heteroatoms. The maximum Gasteiger partial charge on any atom is 0.335 e. The lowest BCUT2D eigenvalue weighted by molar-refractivity contribution is 0.0697. The molecule has 0 saturated carbocycles. The van der Waals surface area contributed by atoms with Crippen molar-refractivity contribution in [2.45, 2.75) is 6.61 Å². The first kappa shape index (κ1) is 20.7. The molecule has 0 bridgehead atoms. The summed E-state index contributed by atoms with van der Waals surface area (Å²) in [5, 5.41) is 19.1. The molecule has 4 nitrogen and oxygen atoms in total. The van der Waals surface area contributed by atoms with E-state index in [0.717, 1.165) is 15.6 Å². The molecule has 3 aromatic rings. The summed E-state index contributed by atoms with van der Waals surface area (Å²) < 4.78 is 6.58. The van der Waals surface area contributed by atoms with Gasteiger partial charge in [-0.3, -0.25) is 0 Å². The average Bonchev–Trinajstić information content (AvgIpc) is 2.72. The number of hydrogen-bond donors (Lipinski definition) is 1. The molecule has 0 radical (unpaired) electrons. The van der Waals surface area contributed by atoms with Crippen LogP contribution in [0.2, 0.25) is 5.02 Å². The fourth-order valence-corrected chi connectivity index (χ4v) is 3.34. The van der Waals surface area contributed by atoms with Crippen LogP contribution < -0.4 is 4.74 Å². The minimum Gasteiger partial charge on any atom is -0.488 e. The number of aromatic carboxylic acids is 1. The predicted octanol–water partition coefficient (Wildman–Crippen LogP) is 6.44. The molecule has 0 saturated heterocycles. The number of ether oxygens (including phenoxy) is 1. The van der Waals surface area contributed by atoms with Crippen LogP contribution in [0.4, 0.5) is 0 Å². The Balaban J connectivity index is 1.78. The Labute approximate surface area is 181 Å². The van der Waals surface area contributed by atoms with Crippen LogP contribution in [0.5, 0.6) is 5.75 Å². The van der Waals surface area contributed by atoms with Crippen molar-refractivity contribution in [2.75, 3.05) is 0 Å². The first-order valence-electron chi connectivity index (χ1n) is 8.59. The van der Waals surface area contributed by atoms with E-state index in [0.29, 0.717) is 28.5 Å². The number of nitriles is 1. The summed E-state index contributed by atoms with van der Waals surface area (Å²) in [6.45, 7) is 0.340. The van der Waals surface area contributed by atoms with E-state index < -0.39 is 5.97 Å². The van der Waals surface area contributed by atoms with Gasteiger partial charge in [-0.15, -0.1) is 0 Å². The van der Waals surface area contributed by atoms with Crippen molar-refractivity contribution in [1.29, 1.82) is 5.26 Å². The minimum atomic E-state index is -1.00. The Morgan fingerprint density at radius 1 is 1.10 bits per heavy atom. The Morgan fingerprint density at radius 2 is 1.79 bits per heavy atom. The van der Waals surface area contributed by atoms with Crippen molar-refractivity contribution in [2.24, 2.45) is 0 Å². The van der Waals surface area contributed by atoms with E-state index in [4.69, 9.17) is 21.4 Å². The zero-order chi connectivity index (χ0) is 20.8. The highest BCUT2D eigenvalue weighted by atomic mass is 79.9. The molecule has 0 aromatic heterocycles. The van der Waals surface area contributed by atoms with Crippen molar-refractivity contribution in [1.82, 2.24) is 0 Å². The molecule has 0 aliphatic heterocycles. The summed E-state index contributed by atoms with van der Waals surface area (Å²) in [5.41, 5.74) is 2.95. The van der Waals surface area contributed by atoms with Crippen LogP contribution in [0, 0.1) is 11.3 Å². The molecule has 0 spiro atoms. The largest absolute Gasteiger partial charge is 0.488 e. The molecule has 0 aliphatic carbocycles. The Morgan fingerprint density at radius 3 is 2.41 bits per heavy atom. The Bertz CT molecular complexity index is 1120. The molecule has 0 aliphatic rings. The van der Waals surface area contributed by atoms with Crippen LogP contribution in [-0.4, -0.2) is 11.1 Å². The molecule has 3 rings (SSSR count). The van der Waals surface area contributed by atoms with Crippen LogP contribution in [0.25, 0.3) is 11.6 Å². The van der Waals surface area contributed by atoms with Gasteiger partial charge in [0, 0.05) is 10.6 Å². The molecule has 144 valence electrons. The highest BCUT2D eigenvalue weighted by molar-refractivity contribution is 9.10. The van der Waals surface area contributed by atoms with Gasteiger partial charge in [0.2, 0.25) is 0 Å². The Kier molecular flexibility index (Phi) is 6.71. The first-order valence-corrected chi connectivity index (χ1v) is 9.76. The highest BCUT2D eigenvalue weighted by Gasteiger charge is 2.08. The van der Waals surface area contributed by atoms with Crippen molar-refractivity contribution in [3.05, 3.63) is 98.5 Å². The second-order valence-corrected chi connectivity index (χ2v) is 7.38. The van der Waals surface area contributed by atoms with Crippen LogP contribution in [-0.2, 0) is 6.61 Å². The van der Waals surface area contributed by atoms with E-state index in [1.54, 1.807) is 18.2 Å². The first-order chi connectivity index (χ1) is 14.0. The van der Waals surface area contributed by atoms with Gasteiger partial charge in [0.15, 0.2) is 0 Å². The second kappa shape index (κ2) is 9.42. The van der Waals surface area contributed by atoms with Gasteiger partial charge >= 0.3 is 5.97 Å². The summed E-state index contributed by atoms with van der Waals surface area (Å²) in [6.07, 6.45) is 1.73. The maximum atomic E-state index is 11.0. The maximum absolute atomic E-state index is 11.0. The van der Waals surface area contributed by atoms with E-state index in [1.807, 2.05) is 42.5 Å². The van der Waals surface area contributed by atoms with Crippen molar-refractivity contribution in [3.63, 3.8) is 0 Å². The standard InChI is InChI=1S/C23H15BrClNO3/c24-20-12-15(5-10-22(20)29-14-18-3-1-2-4-21(18)25)11-19(13-26)16-6-8-17(9-7-16)23(27)28/h1-12H,14H2,(H,27,28)/b19-11-. The summed E-state index contributed by atoms with van der Waals surface area (Å²) in [4.78, 5) is 11.0. The fourth-order valence-electron chi connectivity index (χ4n) is 2.63. The minimum absolute atomic E-state index is 0.175. The molecular weight excluding hydrogens is 454 g/mol. The number of benzene rings is 3. The van der Waals surface area contributed by atoms with Gasteiger partial charge in [-0.1, -0.05) is 48.0 Å². The normalized spacial score (nSPS) is 11.0. The number of halogens is 2. The summed E-state index contributed by atoms with van der Waals surface area (Å²) in [6, 6.07) is 21.3. The molecule has 29 heavy (non-hydrogen) atoms. The number of nitrogens with zero attached hydrogens (tertiary/aromatic N) is 1. The van der Waals surface area contributed by atoms with Crippen molar-refractivity contribution >= 4 is 45.1 Å². The third-order valence-electron chi connectivity index (χ3n) is 4.17. The highest BCUT2D eigenvalue weighted by Crippen LogP contribution is 2.29. The van der Waals surface area contributed by atoms with Crippen molar-refractivity contribution < 1.29 is 14.6 Å². The molecule has 0 unspecified atom stereocenters. The number of rotatable bonds is 6. The van der Waals surface area contributed by atoms with E-state index in [-0.39, 0.29) is 5.56 Å². The third kappa shape index (κ3) is 5.26. The predicted molar refractivity (Wildman–Crippen MR) is 117 cm³/mol. The smallest absolute Gasteiger partial charge is 0.335 e. The summed E-state index contributed by atoms with van der Waals surface area (Å²) in [7, 11) is 0. The van der Waals surface area contributed by atoms with Crippen LogP contribution in [0.3, 0.4) is 0 Å². The molecule has 0 atom stereocenters. The number of allylic oxidation sites excluding steroid dienone is 1. The molecule has 0 heterocycles. The quantitative estimate of drug-likeness (QED) is 0.334. The number of carbonyl (C=O) groups is 1. The monoisotopic (exact) mass is 467 g/mol. The zero-order valence-corrected chi connectivity index (χ0v) is 17.4. The zero-order valence-electron chi connectivity index (χ0n) is 15.1. The van der Waals surface area contributed by atoms with Gasteiger partial charge in [0.25, 0.3) is 0 Å². The lowest BCUT2D eigenvalue weighted by Crippen LogP contribution is -1.97. The molecule has 0 amide bonds. The third-order valence-corrected chi connectivity index (χ3v) is 5.16. The van der Waals surface area contributed by atoms with Crippen molar-refractivity contribution in [3.8, 4) is 11.8 Å². The lowest BCUT2D eigenvalue weighted by atomic mass is 10.0. The molecule has 3 aromatic carbocycles. The van der Waals surface area contributed by atoms with Gasteiger partial charge in [-0.2, -0.15) is 5.26 Å². The fraction of sp³-hybridized carbons (Fsp3) is 0.0435. The summed E-state index contributed by atoms with van der Waals surface area (Å²) in [5.74, 6) is -0.346. The molecule has 0 fully saturated rings. The van der Waals surface area contributed by atoms with E-state index in [1.165, 1.54) is 12.1 Å². The van der Waals surface area contributed by atoms with E-state index >= 15 is 0 Å². The number of hydrogen-bond acceptors (Lipinski definition) is 3. The lowest BCUT2D eigenvalue weighted by Gasteiger charge is -2.10. The number of carboxylic acids is 1. The van der Waals surface area contributed by atoms with Crippen LogP contribution >= 0.6 is 27.5 Å². The Hall–Kier alpha value is -3.07. The van der Waals surface area contributed by atoms with E-state index in [2.05, 4.69) is 22.0 Å². The van der Waals surface area contributed by atoms with E-state index in [9.17, 15) is 10.1 Å². The number of carboxylic acid groups (broad SMARTS) is 1. The second-order valence-electron chi connectivity index (χ2n) is 6.12. The van der Waals surface area contributed by atoms with Crippen LogP contribution in [0.1, 0.15) is 27.0 Å². The molecular formula is C23H15BrClNO3. The average molecular weight is 469 g/mol. The van der Waals surface area contributed by atoms with Crippen LogP contribution in [0.15, 0.2) is 71.2 Å². The van der Waals surface area contributed by atoms with Gasteiger partial charge in [0.1, 0.15) is 12.4 Å². The topological polar surface area (TPSA) is 70.3 Å². The van der Waals surface area contributed by atoms with Gasteiger partial charge in [0.05, 0.1) is 21.7 Å². The van der Waals surface area contributed by atoms with Gasteiger partial charge < -0.3 is 9.84 Å². The summed E-state index contributed by atoms with van der Waals surface area (Å²) >= 11 is 9.65.